The molecule has 2 aliphatic heterocycles. The Bertz CT molecular complexity index is 1290. The number of nitrogens with zero attached hydrogens (tertiary/aromatic N) is 3. The Labute approximate surface area is 238 Å². The number of hydrogen-bond donors (Lipinski definition) is 2. The topological polar surface area (TPSA) is 94.2 Å². The predicted octanol–water partition coefficient (Wildman–Crippen LogP) is 4.28. The quantitative estimate of drug-likeness (QED) is 0.467. The summed E-state index contributed by atoms with van der Waals surface area (Å²) in [6.45, 7) is 5.68. The monoisotopic (exact) mass is 561 g/mol. The standard InChI is InChI=1S/C30H35N5O4S/c36-28(34-14-5-12-31-13-17-34)24-10-11-26(25(21-24)32-30(38)39-22-23-7-2-1-3-8-23)33-15-6-16-35(19-18-33)29(37)27-9-4-20-40-27/h1-4,7-11,20-21,31H,5-6,12-19,22H2,(H,32,38). The number of hydrogen-bond acceptors (Lipinski definition) is 7. The molecular formula is C30H35N5O4S. The van der Waals surface area contributed by atoms with E-state index in [9.17, 15) is 14.4 Å². The fraction of sp³-hybridized carbons (Fsp3) is 0.367. The highest BCUT2D eigenvalue weighted by atomic mass is 32.1. The van der Waals surface area contributed by atoms with E-state index < -0.39 is 6.09 Å². The van der Waals surface area contributed by atoms with Gasteiger partial charge < -0.3 is 24.8 Å². The van der Waals surface area contributed by atoms with E-state index in [0.717, 1.165) is 42.1 Å². The van der Waals surface area contributed by atoms with Crippen LogP contribution in [0.1, 0.15) is 38.4 Å². The molecule has 0 unspecified atom stereocenters. The van der Waals surface area contributed by atoms with Crippen molar-refractivity contribution in [3.05, 3.63) is 82.0 Å². The van der Waals surface area contributed by atoms with Crippen LogP contribution in [0.3, 0.4) is 0 Å². The number of rotatable bonds is 6. The van der Waals surface area contributed by atoms with E-state index in [1.165, 1.54) is 11.3 Å². The minimum absolute atomic E-state index is 0.0487. The number of carbonyl (C=O) groups excluding carboxylic acids is 3. The Morgan fingerprint density at radius 1 is 0.825 bits per heavy atom. The van der Waals surface area contributed by atoms with Crippen molar-refractivity contribution in [2.24, 2.45) is 0 Å². The molecule has 2 aliphatic rings. The molecule has 3 heterocycles. The van der Waals surface area contributed by atoms with Gasteiger partial charge in [-0.15, -0.1) is 11.3 Å². The van der Waals surface area contributed by atoms with Crippen LogP contribution in [-0.2, 0) is 11.3 Å². The van der Waals surface area contributed by atoms with Crippen molar-refractivity contribution >= 4 is 40.6 Å². The summed E-state index contributed by atoms with van der Waals surface area (Å²) in [7, 11) is 0. The molecule has 0 radical (unpaired) electrons. The van der Waals surface area contributed by atoms with E-state index in [1.54, 1.807) is 6.07 Å². The number of anilines is 2. The second kappa shape index (κ2) is 13.5. The van der Waals surface area contributed by atoms with E-state index in [2.05, 4.69) is 15.5 Å². The molecule has 0 atom stereocenters. The fourth-order valence-corrected chi connectivity index (χ4v) is 5.75. The van der Waals surface area contributed by atoms with Crippen molar-refractivity contribution < 1.29 is 19.1 Å². The van der Waals surface area contributed by atoms with Crippen molar-refractivity contribution in [2.45, 2.75) is 19.4 Å². The van der Waals surface area contributed by atoms with Crippen LogP contribution in [-0.4, -0.2) is 80.1 Å². The van der Waals surface area contributed by atoms with Gasteiger partial charge in [0.1, 0.15) is 6.61 Å². The van der Waals surface area contributed by atoms with Gasteiger partial charge in [0.15, 0.2) is 0 Å². The number of nitrogens with one attached hydrogen (secondary N) is 2. The minimum Gasteiger partial charge on any atom is -0.444 e. The average Bonchev–Trinajstić information content (AvgIpc) is 3.23. The summed E-state index contributed by atoms with van der Waals surface area (Å²) in [5.41, 5.74) is 2.74. The number of thiophene rings is 1. The van der Waals surface area contributed by atoms with Crippen molar-refractivity contribution in [3.8, 4) is 0 Å². The van der Waals surface area contributed by atoms with E-state index in [1.807, 2.05) is 69.8 Å². The molecule has 2 aromatic carbocycles. The molecule has 0 saturated carbocycles. The lowest BCUT2D eigenvalue weighted by Gasteiger charge is -2.27. The summed E-state index contributed by atoms with van der Waals surface area (Å²) >= 11 is 1.45. The Balaban J connectivity index is 1.34. The third-order valence-electron chi connectivity index (χ3n) is 7.18. The van der Waals surface area contributed by atoms with Crippen LogP contribution in [0.25, 0.3) is 0 Å². The molecule has 3 aromatic rings. The van der Waals surface area contributed by atoms with Gasteiger partial charge in [-0.25, -0.2) is 4.79 Å². The summed E-state index contributed by atoms with van der Waals surface area (Å²) in [5, 5.41) is 8.14. The first-order valence-corrected chi connectivity index (χ1v) is 14.7. The first-order chi connectivity index (χ1) is 19.6. The lowest BCUT2D eigenvalue weighted by Crippen LogP contribution is -2.35. The maximum absolute atomic E-state index is 13.4. The van der Waals surface area contributed by atoms with Crippen LogP contribution >= 0.6 is 11.3 Å². The molecule has 0 spiro atoms. The second-order valence-electron chi connectivity index (χ2n) is 9.92. The molecule has 2 saturated heterocycles. The molecule has 210 valence electrons. The highest BCUT2D eigenvalue weighted by molar-refractivity contribution is 7.12. The van der Waals surface area contributed by atoms with E-state index in [-0.39, 0.29) is 18.4 Å². The molecule has 9 nitrogen and oxygen atoms in total. The first kappa shape index (κ1) is 27.7. The van der Waals surface area contributed by atoms with Crippen LogP contribution in [0, 0.1) is 0 Å². The summed E-state index contributed by atoms with van der Waals surface area (Å²) in [6, 6.07) is 18.7. The van der Waals surface area contributed by atoms with Crippen LogP contribution in [0.4, 0.5) is 16.2 Å². The molecule has 40 heavy (non-hydrogen) atoms. The molecule has 0 aliphatic carbocycles. The lowest BCUT2D eigenvalue weighted by atomic mass is 10.1. The summed E-state index contributed by atoms with van der Waals surface area (Å²) in [5.74, 6) is -0.00730. The molecular weight excluding hydrogens is 526 g/mol. The number of carbonyl (C=O) groups is 3. The van der Waals surface area contributed by atoms with Gasteiger partial charge in [0.05, 0.1) is 16.3 Å². The van der Waals surface area contributed by atoms with Gasteiger partial charge in [-0.1, -0.05) is 36.4 Å². The van der Waals surface area contributed by atoms with E-state index in [0.29, 0.717) is 50.5 Å². The third kappa shape index (κ3) is 7.00. The van der Waals surface area contributed by atoms with Crippen molar-refractivity contribution in [1.29, 1.82) is 0 Å². The molecule has 0 bridgehead atoms. The Kier molecular flexibility index (Phi) is 9.30. The fourth-order valence-electron chi connectivity index (χ4n) is 5.06. The van der Waals surface area contributed by atoms with Gasteiger partial charge >= 0.3 is 6.09 Å². The first-order valence-electron chi connectivity index (χ1n) is 13.8. The summed E-state index contributed by atoms with van der Waals surface area (Å²) in [4.78, 5) is 45.8. The van der Waals surface area contributed by atoms with Crippen LogP contribution < -0.4 is 15.5 Å². The Morgan fingerprint density at radius 2 is 1.65 bits per heavy atom. The summed E-state index contributed by atoms with van der Waals surface area (Å²) < 4.78 is 5.50. The van der Waals surface area contributed by atoms with Gasteiger partial charge in [-0.3, -0.25) is 14.9 Å². The van der Waals surface area contributed by atoms with Crippen LogP contribution in [0.5, 0.6) is 0 Å². The van der Waals surface area contributed by atoms with Gasteiger partial charge in [0.2, 0.25) is 0 Å². The maximum Gasteiger partial charge on any atom is 0.412 e. The molecule has 2 fully saturated rings. The van der Waals surface area contributed by atoms with Gasteiger partial charge in [0, 0.05) is 51.4 Å². The van der Waals surface area contributed by atoms with Crippen LogP contribution in [0.2, 0.25) is 0 Å². The molecule has 5 rings (SSSR count). The van der Waals surface area contributed by atoms with E-state index in [4.69, 9.17) is 4.74 Å². The normalized spacial score (nSPS) is 16.1. The van der Waals surface area contributed by atoms with Crippen molar-refractivity contribution in [1.82, 2.24) is 15.1 Å². The highest BCUT2D eigenvalue weighted by Crippen LogP contribution is 2.30. The maximum atomic E-state index is 13.4. The number of benzene rings is 2. The zero-order valence-corrected chi connectivity index (χ0v) is 23.3. The molecule has 1 aromatic heterocycles. The number of ether oxygens (including phenoxy) is 1. The molecule has 2 N–H and O–H groups in total. The van der Waals surface area contributed by atoms with Crippen molar-refractivity contribution in [2.75, 3.05) is 62.6 Å². The van der Waals surface area contributed by atoms with Gasteiger partial charge in [-0.2, -0.15) is 0 Å². The highest BCUT2D eigenvalue weighted by Gasteiger charge is 2.24. The Morgan fingerprint density at radius 3 is 2.48 bits per heavy atom. The second-order valence-corrected chi connectivity index (χ2v) is 10.9. The van der Waals surface area contributed by atoms with E-state index >= 15 is 0 Å². The lowest BCUT2D eigenvalue weighted by molar-refractivity contribution is 0.0761. The number of amides is 3. The zero-order chi connectivity index (χ0) is 27.7. The van der Waals surface area contributed by atoms with Crippen LogP contribution in [0.15, 0.2) is 66.0 Å². The third-order valence-corrected chi connectivity index (χ3v) is 8.03. The molecule has 3 amide bonds. The smallest absolute Gasteiger partial charge is 0.412 e. The largest absolute Gasteiger partial charge is 0.444 e. The summed E-state index contributed by atoms with van der Waals surface area (Å²) in [6.07, 6.45) is 1.10. The van der Waals surface area contributed by atoms with Gasteiger partial charge in [0.25, 0.3) is 11.8 Å². The molecule has 10 heteroatoms. The van der Waals surface area contributed by atoms with Gasteiger partial charge in [-0.05, 0) is 54.6 Å². The average molecular weight is 562 g/mol. The Hall–Kier alpha value is -3.89. The SMILES string of the molecule is O=C(Nc1cc(C(=O)N2CCCNCC2)ccc1N1CCCN(C(=O)c2cccs2)CC1)OCc1ccccc1. The minimum atomic E-state index is -0.585. The predicted molar refractivity (Wildman–Crippen MR) is 157 cm³/mol. The zero-order valence-electron chi connectivity index (χ0n) is 22.5. The van der Waals surface area contributed by atoms with Crippen molar-refractivity contribution in [3.63, 3.8) is 0 Å².